The molecule has 1 saturated heterocycles. The van der Waals surface area contributed by atoms with Crippen molar-refractivity contribution in [3.63, 3.8) is 0 Å². The molecule has 4 rings (SSSR count). The fourth-order valence-electron chi connectivity index (χ4n) is 3.56. The highest BCUT2D eigenvalue weighted by molar-refractivity contribution is 6.04. The topological polar surface area (TPSA) is 93.9 Å². The van der Waals surface area contributed by atoms with Crippen LogP contribution in [0.4, 0.5) is 17.1 Å². The number of fused-ring (bicyclic) bond motifs is 1. The van der Waals surface area contributed by atoms with Crippen LogP contribution in [0, 0.1) is 5.92 Å². The first-order valence-corrected chi connectivity index (χ1v) is 9.44. The summed E-state index contributed by atoms with van der Waals surface area (Å²) in [5.41, 5.74) is 8.92. The van der Waals surface area contributed by atoms with Gasteiger partial charge in [0.25, 0.3) is 0 Å². The van der Waals surface area contributed by atoms with Crippen LogP contribution in [-0.2, 0) is 16.0 Å². The first-order valence-electron chi connectivity index (χ1n) is 9.44. The second-order valence-corrected chi connectivity index (χ2v) is 7.10. The van der Waals surface area contributed by atoms with E-state index in [9.17, 15) is 9.59 Å². The van der Waals surface area contributed by atoms with Gasteiger partial charge in [0.05, 0.1) is 17.3 Å². The molecule has 0 radical (unpaired) electrons. The lowest BCUT2D eigenvalue weighted by atomic mass is 10.1. The minimum Gasteiger partial charge on any atom is -0.454 e. The van der Waals surface area contributed by atoms with Crippen molar-refractivity contribution in [2.45, 2.75) is 26.2 Å². The Hall–Kier alpha value is -2.93. The van der Waals surface area contributed by atoms with Crippen LogP contribution in [0.3, 0.4) is 0 Å². The van der Waals surface area contributed by atoms with Crippen LogP contribution in [0.5, 0.6) is 11.5 Å². The highest BCUT2D eigenvalue weighted by Crippen LogP contribution is 2.38. The van der Waals surface area contributed by atoms with Gasteiger partial charge < -0.3 is 25.4 Å². The molecule has 1 fully saturated rings. The summed E-state index contributed by atoms with van der Waals surface area (Å²) in [5, 5.41) is 2.82. The first kappa shape index (κ1) is 20.8. The van der Waals surface area contributed by atoms with Gasteiger partial charge in [-0.2, -0.15) is 0 Å². The maximum Gasteiger partial charge on any atom is 0.231 e. The minimum atomic E-state index is -0.437. The van der Waals surface area contributed by atoms with Gasteiger partial charge in [0.15, 0.2) is 11.5 Å². The smallest absolute Gasteiger partial charge is 0.231 e. The summed E-state index contributed by atoms with van der Waals surface area (Å²) >= 11 is 0. The number of aryl methyl sites for hydroxylation is 1. The summed E-state index contributed by atoms with van der Waals surface area (Å²) in [6.45, 7) is 2.62. The second-order valence-electron chi connectivity index (χ2n) is 7.10. The van der Waals surface area contributed by atoms with Crippen LogP contribution in [0.15, 0.2) is 36.4 Å². The van der Waals surface area contributed by atoms with E-state index in [1.807, 2.05) is 24.3 Å². The van der Waals surface area contributed by atoms with Crippen LogP contribution in [-0.4, -0.2) is 25.2 Å². The first-order chi connectivity index (χ1) is 13.5. The molecule has 7 nitrogen and oxygen atoms in total. The quantitative estimate of drug-likeness (QED) is 0.727. The van der Waals surface area contributed by atoms with Gasteiger partial charge in [0, 0.05) is 30.8 Å². The largest absolute Gasteiger partial charge is 0.454 e. The lowest BCUT2D eigenvalue weighted by Crippen LogP contribution is -2.28. The van der Waals surface area contributed by atoms with E-state index < -0.39 is 5.92 Å². The number of carbonyl (C=O) groups excluding carboxylic acids is 2. The number of nitrogens with one attached hydrogen (secondary N) is 1. The molecule has 8 heteroatoms. The second kappa shape index (κ2) is 8.61. The summed E-state index contributed by atoms with van der Waals surface area (Å²) in [6.07, 6.45) is 2.26. The molecule has 154 valence electrons. The van der Waals surface area contributed by atoms with Gasteiger partial charge in [-0.15, -0.1) is 12.4 Å². The van der Waals surface area contributed by atoms with E-state index in [4.69, 9.17) is 15.2 Å². The molecule has 0 bridgehead atoms. The fourth-order valence-corrected chi connectivity index (χ4v) is 3.56. The van der Waals surface area contributed by atoms with Crippen LogP contribution in [0.25, 0.3) is 0 Å². The Labute approximate surface area is 175 Å². The summed E-state index contributed by atoms with van der Waals surface area (Å²) < 4.78 is 10.6. The number of hydrogen-bond acceptors (Lipinski definition) is 5. The number of anilines is 3. The Morgan fingerprint density at radius 3 is 2.59 bits per heavy atom. The van der Waals surface area contributed by atoms with Gasteiger partial charge >= 0.3 is 0 Å². The molecule has 0 saturated carbocycles. The Kier molecular flexibility index (Phi) is 6.17. The number of nitrogen functional groups attached to an aromatic ring is 1. The van der Waals surface area contributed by atoms with Gasteiger partial charge in [0.2, 0.25) is 18.6 Å². The normalized spacial score (nSPS) is 17.2. The number of carbonyl (C=O) groups is 2. The van der Waals surface area contributed by atoms with Crippen molar-refractivity contribution in [3.05, 3.63) is 42.0 Å². The van der Waals surface area contributed by atoms with Crippen molar-refractivity contribution in [3.8, 4) is 11.5 Å². The van der Waals surface area contributed by atoms with E-state index in [0.29, 0.717) is 29.4 Å². The number of benzene rings is 2. The third kappa shape index (κ3) is 4.24. The highest BCUT2D eigenvalue weighted by atomic mass is 35.5. The number of hydrogen-bond donors (Lipinski definition) is 2. The molecule has 2 aliphatic rings. The van der Waals surface area contributed by atoms with E-state index in [2.05, 4.69) is 12.2 Å². The van der Waals surface area contributed by atoms with Crippen LogP contribution in [0.1, 0.15) is 25.3 Å². The van der Waals surface area contributed by atoms with E-state index >= 15 is 0 Å². The van der Waals surface area contributed by atoms with Gasteiger partial charge in [0.1, 0.15) is 0 Å². The minimum absolute atomic E-state index is 0. The molecular weight excluding hydrogens is 394 g/mol. The maximum absolute atomic E-state index is 12.7. The molecule has 1 unspecified atom stereocenters. The summed E-state index contributed by atoms with van der Waals surface area (Å²) in [5.74, 6) is 0.378. The lowest BCUT2D eigenvalue weighted by Gasteiger charge is -2.17. The SMILES string of the molecule is CCCc1ccc(N2CC(C(=O)Nc3cc4c(cc3N)OCO4)CC2=O)cc1.Cl. The van der Waals surface area contributed by atoms with Crippen LogP contribution in [0.2, 0.25) is 0 Å². The highest BCUT2D eigenvalue weighted by Gasteiger charge is 2.35. The molecule has 0 aromatic heterocycles. The van der Waals surface area contributed by atoms with Gasteiger partial charge in [-0.05, 0) is 24.1 Å². The molecule has 2 heterocycles. The van der Waals surface area contributed by atoms with Crippen molar-refractivity contribution in [1.29, 1.82) is 0 Å². The number of nitrogens with zero attached hydrogens (tertiary/aromatic N) is 1. The lowest BCUT2D eigenvalue weighted by molar-refractivity contribution is -0.122. The fraction of sp³-hybridized carbons (Fsp3) is 0.333. The molecule has 2 aromatic rings. The molecule has 0 aliphatic carbocycles. The summed E-state index contributed by atoms with van der Waals surface area (Å²) in [7, 11) is 0. The summed E-state index contributed by atoms with van der Waals surface area (Å²) in [4.78, 5) is 26.8. The molecule has 3 N–H and O–H groups in total. The Morgan fingerprint density at radius 2 is 1.90 bits per heavy atom. The Morgan fingerprint density at radius 1 is 1.21 bits per heavy atom. The summed E-state index contributed by atoms with van der Waals surface area (Å²) in [6, 6.07) is 11.2. The van der Waals surface area contributed by atoms with E-state index in [0.717, 1.165) is 18.5 Å². The number of rotatable bonds is 5. The molecule has 29 heavy (non-hydrogen) atoms. The standard InChI is InChI=1S/C21H23N3O4.ClH/c1-2-3-13-4-6-15(7-5-13)24-11-14(8-20(24)25)21(26)23-17-10-19-18(9-16(17)22)27-12-28-19;/h4-7,9-10,14H,2-3,8,11-12,22H2,1H3,(H,23,26);1H. The number of halogens is 1. The third-order valence-corrected chi connectivity index (χ3v) is 5.09. The predicted octanol–water partition coefficient (Wildman–Crippen LogP) is 3.36. The number of amides is 2. The van der Waals surface area contributed by atoms with Gasteiger partial charge in [-0.1, -0.05) is 25.5 Å². The van der Waals surface area contributed by atoms with Crippen LogP contribution < -0.4 is 25.4 Å². The Bertz CT molecular complexity index is 917. The average molecular weight is 418 g/mol. The maximum atomic E-state index is 12.7. The zero-order valence-electron chi connectivity index (χ0n) is 16.1. The van der Waals surface area contributed by atoms with E-state index in [1.54, 1.807) is 17.0 Å². The van der Waals surface area contributed by atoms with Crippen molar-refractivity contribution in [2.24, 2.45) is 5.92 Å². The molecule has 2 aromatic carbocycles. The van der Waals surface area contributed by atoms with Gasteiger partial charge in [-0.25, -0.2) is 0 Å². The monoisotopic (exact) mass is 417 g/mol. The number of nitrogens with two attached hydrogens (primary N) is 1. The molecule has 0 spiro atoms. The van der Waals surface area contributed by atoms with E-state index in [1.165, 1.54) is 5.56 Å². The predicted molar refractivity (Wildman–Crippen MR) is 114 cm³/mol. The van der Waals surface area contributed by atoms with Crippen molar-refractivity contribution in [2.75, 3.05) is 29.3 Å². The zero-order chi connectivity index (χ0) is 19.7. The molecule has 2 aliphatic heterocycles. The van der Waals surface area contributed by atoms with Crippen LogP contribution >= 0.6 is 12.4 Å². The molecule has 2 amide bonds. The number of ether oxygens (including phenoxy) is 2. The van der Waals surface area contributed by atoms with Gasteiger partial charge in [-0.3, -0.25) is 9.59 Å². The Balaban J connectivity index is 0.00000240. The zero-order valence-corrected chi connectivity index (χ0v) is 17.0. The molecule has 1 atom stereocenters. The average Bonchev–Trinajstić information content (AvgIpc) is 3.29. The van der Waals surface area contributed by atoms with E-state index in [-0.39, 0.29) is 37.4 Å². The van der Waals surface area contributed by atoms with Crippen molar-refractivity contribution >= 4 is 41.3 Å². The molecular formula is C21H24ClN3O4. The van der Waals surface area contributed by atoms with Crippen molar-refractivity contribution in [1.82, 2.24) is 0 Å². The third-order valence-electron chi connectivity index (χ3n) is 5.09. The van der Waals surface area contributed by atoms with Crippen molar-refractivity contribution < 1.29 is 19.1 Å².